The van der Waals surface area contributed by atoms with E-state index < -0.39 is 0 Å². The molecular weight excluding hydrogens is 340 g/mol. The van der Waals surface area contributed by atoms with E-state index in [0.29, 0.717) is 13.0 Å². The molecule has 0 saturated carbocycles. The lowest BCUT2D eigenvalue weighted by atomic mass is 10.1. The zero-order chi connectivity index (χ0) is 16.1. The molecule has 3 nitrogen and oxygen atoms in total. The van der Waals surface area contributed by atoms with Crippen LogP contribution in [0.2, 0.25) is 0 Å². The Morgan fingerprint density at radius 2 is 1.64 bits per heavy atom. The van der Waals surface area contributed by atoms with Gasteiger partial charge >= 0.3 is 0 Å². The normalized spacial score (nSPS) is 10.4. The van der Waals surface area contributed by atoms with E-state index in [1.165, 1.54) is 16.7 Å². The largest absolute Gasteiger partial charge is 0.385 e. The highest BCUT2D eigenvalue weighted by Gasteiger charge is 2.04. The Hall–Kier alpha value is -1.81. The second kappa shape index (κ2) is 7.45. The van der Waals surface area contributed by atoms with E-state index in [4.69, 9.17) is 0 Å². The van der Waals surface area contributed by atoms with E-state index in [9.17, 15) is 4.79 Å². The monoisotopic (exact) mass is 360 g/mol. The molecule has 2 aromatic carbocycles. The summed E-state index contributed by atoms with van der Waals surface area (Å²) in [7, 11) is 0. The summed E-state index contributed by atoms with van der Waals surface area (Å²) in [4.78, 5) is 12.0. The highest BCUT2D eigenvalue weighted by Crippen LogP contribution is 2.20. The van der Waals surface area contributed by atoms with E-state index in [-0.39, 0.29) is 5.91 Å². The number of rotatable bonds is 5. The third kappa shape index (κ3) is 4.60. The number of aryl methyl sites for hydroxylation is 3. The molecule has 0 fully saturated rings. The Balaban J connectivity index is 1.82. The molecule has 4 heteroatoms. The highest BCUT2D eigenvalue weighted by molar-refractivity contribution is 9.10. The van der Waals surface area contributed by atoms with Crippen molar-refractivity contribution in [2.75, 3.05) is 17.2 Å². The van der Waals surface area contributed by atoms with Crippen LogP contribution in [0.3, 0.4) is 0 Å². The molecule has 0 heterocycles. The van der Waals surface area contributed by atoms with Crippen LogP contribution in [-0.4, -0.2) is 12.5 Å². The summed E-state index contributed by atoms with van der Waals surface area (Å²) in [6, 6.07) is 12.0. The van der Waals surface area contributed by atoms with Gasteiger partial charge in [-0.1, -0.05) is 22.0 Å². The molecule has 2 N–H and O–H groups in total. The lowest BCUT2D eigenvalue weighted by molar-refractivity contribution is -0.115. The van der Waals surface area contributed by atoms with Gasteiger partial charge in [0, 0.05) is 28.8 Å². The van der Waals surface area contributed by atoms with Crippen molar-refractivity contribution >= 4 is 33.2 Å². The molecule has 0 unspecified atom stereocenters. The van der Waals surface area contributed by atoms with Crippen molar-refractivity contribution in [2.45, 2.75) is 27.2 Å². The van der Waals surface area contributed by atoms with Crippen LogP contribution in [0.15, 0.2) is 40.9 Å². The summed E-state index contributed by atoms with van der Waals surface area (Å²) in [6.07, 6.45) is 0.433. The van der Waals surface area contributed by atoms with Crippen molar-refractivity contribution in [3.05, 3.63) is 57.6 Å². The molecule has 0 aliphatic rings. The molecule has 0 bridgehead atoms. The first-order valence-electron chi connectivity index (χ1n) is 7.33. The van der Waals surface area contributed by atoms with Gasteiger partial charge in [-0.2, -0.15) is 0 Å². The van der Waals surface area contributed by atoms with Crippen LogP contribution in [0.5, 0.6) is 0 Å². The van der Waals surface area contributed by atoms with Crippen LogP contribution in [-0.2, 0) is 4.79 Å². The molecule has 2 rings (SSSR count). The average molecular weight is 361 g/mol. The second-order valence-electron chi connectivity index (χ2n) is 5.49. The number of nitrogens with one attached hydrogen (secondary N) is 2. The van der Waals surface area contributed by atoms with Crippen LogP contribution in [0, 0.1) is 20.8 Å². The number of carbonyl (C=O) groups is 1. The number of halogens is 1. The van der Waals surface area contributed by atoms with E-state index in [1.54, 1.807) is 0 Å². The first kappa shape index (κ1) is 16.6. The Morgan fingerprint density at radius 3 is 2.32 bits per heavy atom. The van der Waals surface area contributed by atoms with Crippen molar-refractivity contribution in [1.82, 2.24) is 0 Å². The molecule has 0 radical (unpaired) electrons. The van der Waals surface area contributed by atoms with Gasteiger partial charge in [-0.05, 0) is 67.8 Å². The topological polar surface area (TPSA) is 41.1 Å². The van der Waals surface area contributed by atoms with E-state index in [0.717, 1.165) is 15.8 Å². The van der Waals surface area contributed by atoms with Crippen molar-refractivity contribution in [1.29, 1.82) is 0 Å². The molecule has 2 aromatic rings. The molecule has 0 aliphatic heterocycles. The van der Waals surface area contributed by atoms with E-state index >= 15 is 0 Å². The minimum Gasteiger partial charge on any atom is -0.385 e. The molecule has 22 heavy (non-hydrogen) atoms. The van der Waals surface area contributed by atoms with Crippen molar-refractivity contribution < 1.29 is 4.79 Å². The molecule has 0 atom stereocenters. The molecular formula is C18H21BrN2O. The smallest absolute Gasteiger partial charge is 0.226 e. The van der Waals surface area contributed by atoms with Gasteiger partial charge in [0.2, 0.25) is 5.91 Å². The summed E-state index contributed by atoms with van der Waals surface area (Å²) >= 11 is 3.48. The highest BCUT2D eigenvalue weighted by atomic mass is 79.9. The summed E-state index contributed by atoms with van der Waals surface area (Å²) in [5, 5.41) is 6.20. The first-order chi connectivity index (χ1) is 10.5. The van der Waals surface area contributed by atoms with Gasteiger partial charge in [-0.15, -0.1) is 0 Å². The lowest BCUT2D eigenvalue weighted by Crippen LogP contribution is -2.16. The number of carbonyl (C=O) groups excluding carboxylic acids is 1. The van der Waals surface area contributed by atoms with E-state index in [2.05, 4.69) is 39.6 Å². The van der Waals surface area contributed by atoms with Gasteiger partial charge in [0.15, 0.2) is 0 Å². The molecule has 0 saturated heterocycles. The quantitative estimate of drug-likeness (QED) is 0.802. The summed E-state index contributed by atoms with van der Waals surface area (Å²) < 4.78 is 1.09. The minimum atomic E-state index is 0.0181. The lowest BCUT2D eigenvalue weighted by Gasteiger charge is -2.10. The van der Waals surface area contributed by atoms with Gasteiger partial charge in [0.05, 0.1) is 0 Å². The van der Waals surface area contributed by atoms with Gasteiger partial charge in [-0.25, -0.2) is 0 Å². The van der Waals surface area contributed by atoms with Crippen molar-refractivity contribution in [3.8, 4) is 0 Å². The van der Waals surface area contributed by atoms with Gasteiger partial charge in [-0.3, -0.25) is 4.79 Å². The molecule has 0 aliphatic carbocycles. The zero-order valence-electron chi connectivity index (χ0n) is 13.2. The minimum absolute atomic E-state index is 0.0181. The Bertz CT molecular complexity index is 683. The van der Waals surface area contributed by atoms with Gasteiger partial charge in [0.25, 0.3) is 0 Å². The van der Waals surface area contributed by atoms with Crippen LogP contribution >= 0.6 is 15.9 Å². The molecule has 116 valence electrons. The predicted octanol–water partition coefficient (Wildman–Crippen LogP) is 4.82. The fourth-order valence-corrected chi connectivity index (χ4v) is 2.36. The fourth-order valence-electron chi connectivity index (χ4n) is 2.12. The summed E-state index contributed by atoms with van der Waals surface area (Å²) in [6.45, 7) is 6.76. The Morgan fingerprint density at radius 1 is 0.955 bits per heavy atom. The summed E-state index contributed by atoms with van der Waals surface area (Å²) in [5.74, 6) is 0.0181. The number of hydrogen-bond donors (Lipinski definition) is 2. The summed E-state index contributed by atoms with van der Waals surface area (Å²) in [5.41, 5.74) is 5.46. The number of hydrogen-bond acceptors (Lipinski definition) is 2. The Labute approximate surface area is 140 Å². The molecule has 1 amide bonds. The van der Waals surface area contributed by atoms with Crippen LogP contribution in [0.25, 0.3) is 0 Å². The maximum Gasteiger partial charge on any atom is 0.226 e. The van der Waals surface area contributed by atoms with Crippen molar-refractivity contribution in [3.63, 3.8) is 0 Å². The van der Waals surface area contributed by atoms with Crippen molar-refractivity contribution in [2.24, 2.45) is 0 Å². The maximum atomic E-state index is 12.0. The van der Waals surface area contributed by atoms with E-state index in [1.807, 2.05) is 44.2 Å². The maximum absolute atomic E-state index is 12.0. The van der Waals surface area contributed by atoms with Crippen LogP contribution in [0.4, 0.5) is 11.4 Å². The van der Waals surface area contributed by atoms with Crippen LogP contribution in [0.1, 0.15) is 23.1 Å². The number of anilines is 2. The van der Waals surface area contributed by atoms with Gasteiger partial charge < -0.3 is 10.6 Å². The standard InChI is InChI=1S/C18H21BrN2O/c1-12-4-5-16(10-13(12)2)21-18(22)8-9-20-15-6-7-17(19)14(3)11-15/h4-7,10-11,20H,8-9H2,1-3H3,(H,21,22). The first-order valence-corrected chi connectivity index (χ1v) is 8.12. The SMILES string of the molecule is Cc1ccc(NC(=O)CCNc2ccc(Br)c(C)c2)cc1C. The Kier molecular flexibility index (Phi) is 5.61. The number of benzene rings is 2. The molecule has 0 spiro atoms. The average Bonchev–Trinajstić information content (AvgIpc) is 2.47. The predicted molar refractivity (Wildman–Crippen MR) is 96.5 cm³/mol. The number of amides is 1. The second-order valence-corrected chi connectivity index (χ2v) is 6.34. The molecule has 0 aromatic heterocycles. The third-order valence-corrected chi connectivity index (χ3v) is 4.52. The van der Waals surface area contributed by atoms with Crippen LogP contribution < -0.4 is 10.6 Å². The fraction of sp³-hybridized carbons (Fsp3) is 0.278. The van der Waals surface area contributed by atoms with Gasteiger partial charge in [0.1, 0.15) is 0 Å². The zero-order valence-corrected chi connectivity index (χ0v) is 14.8. The third-order valence-electron chi connectivity index (χ3n) is 3.63.